The number of ketones is 1. The molecule has 31 heavy (non-hydrogen) atoms. The fraction of sp³-hybridized carbons (Fsp3) is 0.200. The van der Waals surface area contributed by atoms with E-state index in [4.69, 9.17) is 0 Å². The molecule has 154 valence electrons. The first-order valence-electron chi connectivity index (χ1n) is 9.70. The summed E-state index contributed by atoms with van der Waals surface area (Å²) < 4.78 is 0.912. The summed E-state index contributed by atoms with van der Waals surface area (Å²) in [4.78, 5) is 24.9. The fourth-order valence-electron chi connectivity index (χ4n) is 2.95. The maximum atomic E-state index is 12.8. The van der Waals surface area contributed by atoms with Crippen LogP contribution >= 0.6 is 11.8 Å². The van der Waals surface area contributed by atoms with Gasteiger partial charge in [0.15, 0.2) is 0 Å². The molecule has 0 saturated carbocycles. The Labute approximate surface area is 209 Å². The van der Waals surface area contributed by atoms with Crippen molar-refractivity contribution in [2.24, 2.45) is 0 Å². The predicted octanol–water partition coefficient (Wildman–Crippen LogP) is 1.37. The molecule has 0 N–H and O–H groups in total. The van der Waals surface area contributed by atoms with Gasteiger partial charge in [-0.2, -0.15) is 0 Å². The summed E-state index contributed by atoms with van der Waals surface area (Å²) >= 11 is 1.26. The van der Waals surface area contributed by atoms with Gasteiger partial charge in [-0.1, -0.05) is 54.1 Å². The third-order valence-corrected chi connectivity index (χ3v) is 5.88. The zero-order valence-electron chi connectivity index (χ0n) is 18.3. The van der Waals surface area contributed by atoms with E-state index in [9.17, 15) is 14.7 Å². The number of carbonyl (C=O) groups is 2. The van der Waals surface area contributed by atoms with Gasteiger partial charge in [-0.3, -0.25) is 4.79 Å². The third-order valence-electron chi connectivity index (χ3n) is 4.71. The van der Waals surface area contributed by atoms with Crippen LogP contribution in [0.4, 0.5) is 0 Å². The third kappa shape index (κ3) is 6.71. The number of aryl methyl sites for hydroxylation is 1. The number of carboxylic acids is 1. The van der Waals surface area contributed by atoms with Crippen LogP contribution in [0.25, 0.3) is 6.08 Å². The summed E-state index contributed by atoms with van der Waals surface area (Å²) in [6.07, 6.45) is 5.84. The summed E-state index contributed by atoms with van der Waals surface area (Å²) in [6.45, 7) is 5.82. The Morgan fingerprint density at radius 1 is 1.06 bits per heavy atom. The zero-order chi connectivity index (χ0) is 21.7. The molecule has 0 bridgehead atoms. The van der Waals surface area contributed by atoms with Crippen molar-refractivity contribution in [3.63, 3.8) is 0 Å². The number of aliphatic carboxylic acids is 1. The molecule has 0 atom stereocenters. The van der Waals surface area contributed by atoms with E-state index < -0.39 is 10.7 Å². The van der Waals surface area contributed by atoms with Crippen LogP contribution in [-0.2, 0) is 11.3 Å². The molecule has 0 spiro atoms. The number of rotatable bonds is 8. The first-order valence-corrected chi connectivity index (χ1v) is 10.5. The van der Waals surface area contributed by atoms with E-state index in [0.717, 1.165) is 16.0 Å². The average molecular weight is 442 g/mol. The van der Waals surface area contributed by atoms with Gasteiger partial charge in [0.05, 0.1) is 16.4 Å². The van der Waals surface area contributed by atoms with Gasteiger partial charge in [0.2, 0.25) is 5.78 Å². The van der Waals surface area contributed by atoms with Gasteiger partial charge in [0.25, 0.3) is 0 Å². The molecule has 2 aromatic carbocycles. The van der Waals surface area contributed by atoms with Gasteiger partial charge in [-0.25, -0.2) is 0 Å². The van der Waals surface area contributed by atoms with Crippen molar-refractivity contribution < 1.29 is 44.3 Å². The molecule has 0 aliphatic carbocycles. The SMILES string of the molecule is Cc1ccc(C(=O)c2cccn2C/C=C/c2cccc(SC(C)(C)C(=O)[O-])c2)cc1.[Na+]. The number of hydrogen-bond acceptors (Lipinski definition) is 4. The van der Waals surface area contributed by atoms with Gasteiger partial charge in [0.1, 0.15) is 0 Å². The van der Waals surface area contributed by atoms with Crippen molar-refractivity contribution in [1.82, 2.24) is 4.57 Å². The van der Waals surface area contributed by atoms with Gasteiger partial charge in [-0.05, 0) is 50.6 Å². The van der Waals surface area contributed by atoms with Crippen LogP contribution in [-0.4, -0.2) is 21.1 Å². The zero-order valence-corrected chi connectivity index (χ0v) is 21.1. The average Bonchev–Trinajstić information content (AvgIpc) is 3.16. The summed E-state index contributed by atoms with van der Waals surface area (Å²) in [6, 6.07) is 19.0. The quantitative estimate of drug-likeness (QED) is 0.301. The van der Waals surface area contributed by atoms with E-state index in [1.807, 2.05) is 90.5 Å². The van der Waals surface area contributed by atoms with Crippen molar-refractivity contribution in [2.45, 2.75) is 37.0 Å². The first kappa shape index (κ1) is 25.2. The molecule has 0 aliphatic rings. The van der Waals surface area contributed by atoms with E-state index in [-0.39, 0.29) is 35.3 Å². The second-order valence-electron chi connectivity index (χ2n) is 7.62. The van der Waals surface area contributed by atoms with Crippen LogP contribution < -0.4 is 34.7 Å². The Bertz CT molecular complexity index is 1080. The van der Waals surface area contributed by atoms with Gasteiger partial charge in [0, 0.05) is 23.2 Å². The molecule has 0 fully saturated rings. The largest absolute Gasteiger partial charge is 1.00 e. The minimum absolute atomic E-state index is 0. The number of carboxylic acid groups (broad SMARTS) is 1. The number of hydrogen-bond donors (Lipinski definition) is 0. The molecular weight excluding hydrogens is 417 g/mol. The molecule has 6 heteroatoms. The molecule has 0 amide bonds. The van der Waals surface area contributed by atoms with Crippen LogP contribution in [0.15, 0.2) is 77.8 Å². The molecule has 3 aromatic rings. The van der Waals surface area contributed by atoms with Crippen molar-refractivity contribution in [3.8, 4) is 0 Å². The second-order valence-corrected chi connectivity index (χ2v) is 9.31. The van der Waals surface area contributed by atoms with E-state index in [1.165, 1.54) is 11.8 Å². The van der Waals surface area contributed by atoms with E-state index in [0.29, 0.717) is 17.8 Å². The molecular formula is C25H24NNaO3S. The minimum atomic E-state index is -1.09. The van der Waals surface area contributed by atoms with Crippen molar-refractivity contribution in [1.29, 1.82) is 0 Å². The number of aromatic nitrogens is 1. The van der Waals surface area contributed by atoms with E-state index in [1.54, 1.807) is 13.8 Å². The van der Waals surface area contributed by atoms with Crippen LogP contribution in [0.3, 0.4) is 0 Å². The molecule has 1 heterocycles. The number of nitrogens with zero attached hydrogens (tertiary/aromatic N) is 1. The Morgan fingerprint density at radius 2 is 1.77 bits per heavy atom. The first-order chi connectivity index (χ1) is 14.3. The maximum absolute atomic E-state index is 12.8. The van der Waals surface area contributed by atoms with E-state index in [2.05, 4.69) is 0 Å². The smallest absolute Gasteiger partial charge is 0.549 e. The Hall–Kier alpha value is -2.05. The molecule has 0 unspecified atom stereocenters. The summed E-state index contributed by atoms with van der Waals surface area (Å²) in [5, 5.41) is 11.2. The molecule has 0 saturated heterocycles. The molecule has 1 aromatic heterocycles. The van der Waals surface area contributed by atoms with Gasteiger partial charge in [-0.15, -0.1) is 11.8 Å². The second kappa shape index (κ2) is 11.0. The normalized spacial score (nSPS) is 11.3. The van der Waals surface area contributed by atoms with Crippen LogP contribution in [0.5, 0.6) is 0 Å². The fourth-order valence-corrected chi connectivity index (χ4v) is 3.97. The molecule has 4 nitrogen and oxygen atoms in total. The van der Waals surface area contributed by atoms with Crippen LogP contribution in [0, 0.1) is 6.92 Å². The molecule has 0 aliphatic heterocycles. The van der Waals surface area contributed by atoms with E-state index >= 15 is 0 Å². The Morgan fingerprint density at radius 3 is 2.45 bits per heavy atom. The number of allylic oxidation sites excluding steroid dienone is 1. The topological polar surface area (TPSA) is 62.1 Å². The summed E-state index contributed by atoms with van der Waals surface area (Å²) in [5.74, 6) is -1.09. The van der Waals surface area contributed by atoms with Crippen molar-refractivity contribution >= 4 is 29.6 Å². The summed E-state index contributed by atoms with van der Waals surface area (Å²) in [7, 11) is 0. The monoisotopic (exact) mass is 441 g/mol. The van der Waals surface area contributed by atoms with Crippen molar-refractivity contribution in [2.75, 3.05) is 0 Å². The van der Waals surface area contributed by atoms with Crippen LogP contribution in [0.2, 0.25) is 0 Å². The maximum Gasteiger partial charge on any atom is 1.00 e. The Kier molecular flexibility index (Phi) is 8.95. The predicted molar refractivity (Wildman–Crippen MR) is 119 cm³/mol. The number of thioether (sulfide) groups is 1. The number of carbonyl (C=O) groups excluding carboxylic acids is 2. The standard InChI is InChI=1S/C25H25NO3S.Na/c1-18-11-13-20(14-12-18)23(27)22-10-6-16-26(22)15-5-8-19-7-4-9-21(17-19)30-25(2,3)24(28)29;/h4-14,16-17H,15H2,1-3H3,(H,28,29);/q;+1/p-1/b8-5+;. The number of benzene rings is 2. The Balaban J connectivity index is 0.00000341. The minimum Gasteiger partial charge on any atom is -0.549 e. The molecule has 3 rings (SSSR count). The van der Waals surface area contributed by atoms with Gasteiger partial charge >= 0.3 is 29.6 Å². The van der Waals surface area contributed by atoms with Crippen LogP contribution in [0.1, 0.15) is 41.0 Å². The van der Waals surface area contributed by atoms with Gasteiger partial charge < -0.3 is 14.5 Å². The molecule has 0 radical (unpaired) electrons. The summed E-state index contributed by atoms with van der Waals surface area (Å²) in [5.41, 5.74) is 3.40. The van der Waals surface area contributed by atoms with Crippen molar-refractivity contribution in [3.05, 3.63) is 95.3 Å².